The first-order valence-corrected chi connectivity index (χ1v) is 3.93. The van der Waals surface area contributed by atoms with Gasteiger partial charge in [-0.25, -0.2) is 9.97 Å². The highest BCUT2D eigenvalue weighted by atomic mass is 16.5. The molecule has 0 aliphatic carbocycles. The van der Waals surface area contributed by atoms with Gasteiger partial charge in [0.2, 0.25) is 0 Å². The third-order valence-corrected chi connectivity index (χ3v) is 1.58. The van der Waals surface area contributed by atoms with Crippen LogP contribution in [0.25, 0.3) is 5.69 Å². The van der Waals surface area contributed by atoms with Crippen LogP contribution in [-0.4, -0.2) is 37.3 Å². The van der Waals surface area contributed by atoms with Gasteiger partial charge in [-0.05, 0) is 10.4 Å². The summed E-state index contributed by atoms with van der Waals surface area (Å²) >= 11 is 0. The maximum atomic E-state index is 4.89. The lowest BCUT2D eigenvalue weighted by Gasteiger charge is -1.99. The Labute approximate surface area is 79.8 Å². The zero-order valence-corrected chi connectivity index (χ0v) is 7.53. The van der Waals surface area contributed by atoms with Gasteiger partial charge >= 0.3 is 0 Å². The van der Waals surface area contributed by atoms with Crippen molar-refractivity contribution >= 4 is 0 Å². The molecule has 2 aromatic heterocycles. The lowest BCUT2D eigenvalue weighted by Crippen LogP contribution is -2.01. The fourth-order valence-corrected chi connectivity index (χ4v) is 0.949. The van der Waals surface area contributed by atoms with Gasteiger partial charge in [0.15, 0.2) is 5.82 Å². The molecule has 0 unspecified atom stereocenters. The van der Waals surface area contributed by atoms with E-state index in [2.05, 4.69) is 25.5 Å². The lowest BCUT2D eigenvalue weighted by atomic mass is 10.5. The Balaban J connectivity index is 2.22. The highest BCUT2D eigenvalue weighted by molar-refractivity contribution is 5.21. The standard InChI is InChI=1S/C7H8N6O/c1-14-4-7-8-2-6(3-9-7)13-5-10-11-12-13/h2-3,5H,4H2,1H3. The van der Waals surface area contributed by atoms with E-state index in [4.69, 9.17) is 4.74 Å². The third-order valence-electron chi connectivity index (χ3n) is 1.58. The van der Waals surface area contributed by atoms with Crippen LogP contribution in [0.5, 0.6) is 0 Å². The fourth-order valence-electron chi connectivity index (χ4n) is 0.949. The van der Waals surface area contributed by atoms with Gasteiger partial charge in [-0.1, -0.05) is 0 Å². The van der Waals surface area contributed by atoms with Crippen LogP contribution in [0.2, 0.25) is 0 Å². The van der Waals surface area contributed by atoms with Gasteiger partial charge < -0.3 is 4.74 Å². The molecule has 0 bridgehead atoms. The minimum absolute atomic E-state index is 0.399. The first kappa shape index (κ1) is 8.70. The molecular formula is C7H8N6O. The quantitative estimate of drug-likeness (QED) is 0.658. The van der Waals surface area contributed by atoms with E-state index in [1.54, 1.807) is 19.5 Å². The number of nitrogens with zero attached hydrogens (tertiary/aromatic N) is 6. The van der Waals surface area contributed by atoms with E-state index in [1.165, 1.54) is 11.0 Å². The summed E-state index contributed by atoms with van der Waals surface area (Å²) in [5, 5.41) is 10.7. The normalized spacial score (nSPS) is 10.4. The molecule has 0 saturated carbocycles. The average Bonchev–Trinajstić information content (AvgIpc) is 2.72. The molecular weight excluding hydrogens is 184 g/mol. The molecule has 0 amide bonds. The maximum absolute atomic E-state index is 4.89. The van der Waals surface area contributed by atoms with Gasteiger partial charge in [0.1, 0.15) is 18.6 Å². The van der Waals surface area contributed by atoms with Gasteiger partial charge in [-0.2, -0.15) is 4.68 Å². The second-order valence-electron chi connectivity index (χ2n) is 2.54. The van der Waals surface area contributed by atoms with Crippen molar-refractivity contribution in [1.82, 2.24) is 30.2 Å². The second-order valence-corrected chi connectivity index (χ2v) is 2.54. The van der Waals surface area contributed by atoms with E-state index < -0.39 is 0 Å². The molecule has 0 atom stereocenters. The number of rotatable bonds is 3. The summed E-state index contributed by atoms with van der Waals surface area (Å²) in [7, 11) is 1.60. The minimum Gasteiger partial charge on any atom is -0.377 e. The first-order valence-electron chi connectivity index (χ1n) is 3.93. The number of aromatic nitrogens is 6. The summed E-state index contributed by atoms with van der Waals surface area (Å²) in [5.41, 5.74) is 0.717. The second kappa shape index (κ2) is 3.88. The molecule has 14 heavy (non-hydrogen) atoms. The van der Waals surface area contributed by atoms with Gasteiger partial charge in [-0.3, -0.25) is 0 Å². The number of tetrazole rings is 1. The van der Waals surface area contributed by atoms with Crippen molar-refractivity contribution in [3.63, 3.8) is 0 Å². The van der Waals surface area contributed by atoms with Crippen molar-refractivity contribution in [3.05, 3.63) is 24.5 Å². The van der Waals surface area contributed by atoms with Crippen LogP contribution in [0.15, 0.2) is 18.7 Å². The van der Waals surface area contributed by atoms with Gasteiger partial charge in [0, 0.05) is 7.11 Å². The van der Waals surface area contributed by atoms with Crippen LogP contribution in [-0.2, 0) is 11.3 Å². The zero-order valence-electron chi connectivity index (χ0n) is 7.53. The Hall–Kier alpha value is -1.89. The number of ether oxygens (including phenoxy) is 1. The minimum atomic E-state index is 0.399. The summed E-state index contributed by atoms with van der Waals surface area (Å²) in [6.07, 6.45) is 4.75. The van der Waals surface area contributed by atoms with Crippen LogP contribution in [0, 0.1) is 0 Å². The molecule has 0 saturated heterocycles. The summed E-state index contributed by atoms with van der Waals surface area (Å²) in [5.74, 6) is 0.629. The van der Waals surface area contributed by atoms with E-state index in [1.807, 2.05) is 0 Å². The molecule has 0 aliphatic heterocycles. The molecule has 2 heterocycles. The fraction of sp³-hybridized carbons (Fsp3) is 0.286. The van der Waals surface area contributed by atoms with Gasteiger partial charge in [0.25, 0.3) is 0 Å². The van der Waals surface area contributed by atoms with Crippen molar-refractivity contribution in [2.45, 2.75) is 6.61 Å². The number of hydrogen-bond acceptors (Lipinski definition) is 6. The lowest BCUT2D eigenvalue weighted by molar-refractivity contribution is 0.177. The Morgan fingerprint density at radius 3 is 2.71 bits per heavy atom. The van der Waals surface area contributed by atoms with Gasteiger partial charge in [-0.15, -0.1) is 5.10 Å². The molecule has 0 aliphatic rings. The molecule has 0 fully saturated rings. The highest BCUT2D eigenvalue weighted by Gasteiger charge is 1.99. The van der Waals surface area contributed by atoms with Gasteiger partial charge in [0.05, 0.1) is 12.4 Å². The molecule has 72 valence electrons. The van der Waals surface area contributed by atoms with Crippen LogP contribution in [0.4, 0.5) is 0 Å². The first-order chi connectivity index (χ1) is 6.90. The predicted molar refractivity (Wildman–Crippen MR) is 45.5 cm³/mol. The molecule has 0 radical (unpaired) electrons. The predicted octanol–water partition coefficient (Wildman–Crippen LogP) is -0.401. The smallest absolute Gasteiger partial charge is 0.153 e. The molecule has 0 aromatic carbocycles. The van der Waals surface area contributed by atoms with Crippen LogP contribution in [0.1, 0.15) is 5.82 Å². The molecule has 0 N–H and O–H groups in total. The van der Waals surface area contributed by atoms with Crippen molar-refractivity contribution in [2.24, 2.45) is 0 Å². The third kappa shape index (κ3) is 1.72. The Bertz CT molecular complexity index is 383. The van der Waals surface area contributed by atoms with Crippen molar-refractivity contribution in [3.8, 4) is 5.69 Å². The van der Waals surface area contributed by atoms with E-state index >= 15 is 0 Å². The Morgan fingerprint density at radius 1 is 1.36 bits per heavy atom. The number of hydrogen-bond donors (Lipinski definition) is 0. The van der Waals surface area contributed by atoms with E-state index in [9.17, 15) is 0 Å². The summed E-state index contributed by atoms with van der Waals surface area (Å²) in [4.78, 5) is 8.14. The van der Waals surface area contributed by atoms with Crippen molar-refractivity contribution in [2.75, 3.05) is 7.11 Å². The molecule has 0 spiro atoms. The molecule has 7 nitrogen and oxygen atoms in total. The Morgan fingerprint density at radius 2 is 2.14 bits per heavy atom. The topological polar surface area (TPSA) is 78.6 Å². The molecule has 2 aromatic rings. The maximum Gasteiger partial charge on any atom is 0.153 e. The van der Waals surface area contributed by atoms with Crippen LogP contribution < -0.4 is 0 Å². The monoisotopic (exact) mass is 192 g/mol. The van der Waals surface area contributed by atoms with Crippen LogP contribution >= 0.6 is 0 Å². The SMILES string of the molecule is COCc1ncc(-n2cnnn2)cn1. The molecule has 2 rings (SSSR count). The largest absolute Gasteiger partial charge is 0.377 e. The van der Waals surface area contributed by atoms with Crippen molar-refractivity contribution in [1.29, 1.82) is 0 Å². The van der Waals surface area contributed by atoms with Crippen molar-refractivity contribution < 1.29 is 4.74 Å². The zero-order chi connectivity index (χ0) is 9.80. The van der Waals surface area contributed by atoms with Crippen LogP contribution in [0.3, 0.4) is 0 Å². The summed E-state index contributed by atoms with van der Waals surface area (Å²) in [6, 6.07) is 0. The molecule has 7 heteroatoms. The van der Waals surface area contributed by atoms with E-state index in [-0.39, 0.29) is 0 Å². The highest BCUT2D eigenvalue weighted by Crippen LogP contribution is 2.00. The summed E-state index contributed by atoms with van der Waals surface area (Å²) < 4.78 is 6.37. The van der Waals surface area contributed by atoms with E-state index in [0.29, 0.717) is 12.4 Å². The average molecular weight is 192 g/mol. The summed E-state index contributed by atoms with van der Waals surface area (Å²) in [6.45, 7) is 0.399. The number of methoxy groups -OCH3 is 1. The Kier molecular flexibility index (Phi) is 2.41. The van der Waals surface area contributed by atoms with E-state index in [0.717, 1.165) is 5.69 Å².